The summed E-state index contributed by atoms with van der Waals surface area (Å²) in [6, 6.07) is 1.25. The number of ether oxygens (including phenoxy) is 1. The van der Waals surface area contributed by atoms with E-state index in [1.54, 1.807) is 0 Å². The van der Waals surface area contributed by atoms with Crippen molar-refractivity contribution in [1.82, 2.24) is 4.98 Å². The van der Waals surface area contributed by atoms with Crippen LogP contribution in [-0.2, 0) is 10.1 Å². The minimum atomic E-state index is -2.88. The first-order chi connectivity index (χ1) is 7.51. The molecule has 0 amide bonds. The van der Waals surface area contributed by atoms with E-state index in [1.165, 1.54) is 6.07 Å². The zero-order valence-corrected chi connectivity index (χ0v) is 10.5. The number of alkyl halides is 3. The van der Waals surface area contributed by atoms with E-state index >= 15 is 0 Å². The first-order valence-electron chi connectivity index (χ1n) is 4.13. The van der Waals surface area contributed by atoms with Gasteiger partial charge >= 0.3 is 5.97 Å². The second-order valence-corrected chi connectivity index (χ2v) is 3.72. The van der Waals surface area contributed by atoms with E-state index in [0.29, 0.717) is 10.9 Å². The monoisotopic (exact) mass is 313 g/mol. The van der Waals surface area contributed by atoms with Crippen LogP contribution in [0.1, 0.15) is 28.0 Å². The number of hydrogen-bond donors (Lipinski definition) is 0. The van der Waals surface area contributed by atoms with Crippen molar-refractivity contribution in [3.8, 4) is 0 Å². The fraction of sp³-hybridized carbons (Fsp3) is 0.333. The van der Waals surface area contributed by atoms with Crippen molar-refractivity contribution >= 4 is 33.5 Å². The van der Waals surface area contributed by atoms with Gasteiger partial charge in [0.2, 0.25) is 0 Å². The second-order valence-electron chi connectivity index (χ2n) is 2.80. The van der Waals surface area contributed by atoms with Crippen molar-refractivity contribution in [2.45, 2.75) is 11.8 Å². The van der Waals surface area contributed by atoms with Crippen LogP contribution in [0.3, 0.4) is 0 Å². The Labute approximate surface area is 104 Å². The number of hydrogen-bond acceptors (Lipinski definition) is 3. The average molecular weight is 315 g/mol. The SMILES string of the molecule is COC(=O)c1cc(CBr)c(Cl)nc1C(F)F. The molecule has 7 heteroatoms. The Hall–Kier alpha value is -0.750. The van der Waals surface area contributed by atoms with Gasteiger partial charge in [-0.1, -0.05) is 27.5 Å². The van der Waals surface area contributed by atoms with Crippen LogP contribution in [0.25, 0.3) is 0 Å². The lowest BCUT2D eigenvalue weighted by Crippen LogP contribution is -2.09. The predicted molar refractivity (Wildman–Crippen MR) is 58.2 cm³/mol. The number of aromatic nitrogens is 1. The van der Waals surface area contributed by atoms with Crippen molar-refractivity contribution in [3.63, 3.8) is 0 Å². The molecule has 0 aliphatic rings. The highest BCUT2D eigenvalue weighted by atomic mass is 79.9. The van der Waals surface area contributed by atoms with Crippen LogP contribution in [0.5, 0.6) is 0 Å². The Balaban J connectivity index is 3.36. The average Bonchev–Trinajstić information content (AvgIpc) is 2.27. The highest BCUT2D eigenvalue weighted by molar-refractivity contribution is 9.08. The normalized spacial score (nSPS) is 10.6. The summed E-state index contributed by atoms with van der Waals surface area (Å²) in [4.78, 5) is 14.8. The number of carbonyl (C=O) groups excluding carboxylic acids is 1. The summed E-state index contributed by atoms with van der Waals surface area (Å²) in [5.41, 5.74) is -0.482. The molecule has 0 spiro atoms. The smallest absolute Gasteiger partial charge is 0.339 e. The van der Waals surface area contributed by atoms with E-state index in [0.717, 1.165) is 7.11 Å². The molecule has 1 aromatic heterocycles. The molecule has 1 rings (SSSR count). The maximum absolute atomic E-state index is 12.6. The lowest BCUT2D eigenvalue weighted by atomic mass is 10.1. The second kappa shape index (κ2) is 5.54. The van der Waals surface area contributed by atoms with Gasteiger partial charge in [0.1, 0.15) is 10.8 Å². The highest BCUT2D eigenvalue weighted by Gasteiger charge is 2.22. The predicted octanol–water partition coefficient (Wildman–Crippen LogP) is 3.35. The molecule has 0 saturated carbocycles. The lowest BCUT2D eigenvalue weighted by molar-refractivity contribution is 0.0587. The molecular weight excluding hydrogens is 307 g/mol. The zero-order valence-electron chi connectivity index (χ0n) is 8.14. The molecule has 0 aliphatic heterocycles. The number of pyridine rings is 1. The number of nitrogens with zero attached hydrogens (tertiary/aromatic N) is 1. The van der Waals surface area contributed by atoms with E-state index in [-0.39, 0.29) is 10.7 Å². The molecule has 0 aromatic carbocycles. The van der Waals surface area contributed by atoms with Gasteiger partial charge < -0.3 is 4.74 Å². The molecule has 0 unspecified atom stereocenters. The minimum Gasteiger partial charge on any atom is -0.465 e. The van der Waals surface area contributed by atoms with Gasteiger partial charge in [-0.3, -0.25) is 0 Å². The Morgan fingerprint density at radius 3 is 2.75 bits per heavy atom. The number of carbonyl (C=O) groups is 1. The summed E-state index contributed by atoms with van der Waals surface area (Å²) in [7, 11) is 1.11. The highest BCUT2D eigenvalue weighted by Crippen LogP contribution is 2.27. The van der Waals surface area contributed by atoms with E-state index in [2.05, 4.69) is 25.7 Å². The molecule has 0 radical (unpaired) electrons. The van der Waals surface area contributed by atoms with Gasteiger partial charge in [0.25, 0.3) is 6.43 Å². The maximum atomic E-state index is 12.6. The van der Waals surface area contributed by atoms with Crippen molar-refractivity contribution in [2.75, 3.05) is 7.11 Å². The Kier molecular flexibility index (Phi) is 4.61. The summed E-state index contributed by atoms with van der Waals surface area (Å²) in [6.07, 6.45) is -2.88. The van der Waals surface area contributed by atoms with Crippen LogP contribution >= 0.6 is 27.5 Å². The van der Waals surface area contributed by atoms with Gasteiger partial charge in [-0.05, 0) is 6.07 Å². The number of esters is 1. The quantitative estimate of drug-likeness (QED) is 0.488. The van der Waals surface area contributed by atoms with Gasteiger partial charge in [0.15, 0.2) is 0 Å². The van der Waals surface area contributed by atoms with Crippen LogP contribution in [0.4, 0.5) is 8.78 Å². The van der Waals surface area contributed by atoms with Crippen molar-refractivity contribution in [2.24, 2.45) is 0 Å². The summed E-state index contributed by atoms with van der Waals surface area (Å²) < 4.78 is 29.6. The molecule has 0 bridgehead atoms. The molecule has 0 atom stereocenters. The number of halogens is 4. The van der Waals surface area contributed by atoms with Crippen molar-refractivity contribution in [1.29, 1.82) is 0 Å². The summed E-state index contributed by atoms with van der Waals surface area (Å²) in [6.45, 7) is 0. The Bertz CT molecular complexity index is 415. The fourth-order valence-electron chi connectivity index (χ4n) is 1.08. The van der Waals surface area contributed by atoms with E-state index in [1.807, 2.05) is 0 Å². The summed E-state index contributed by atoms with van der Waals surface area (Å²) in [5, 5.41) is 0.256. The molecule has 3 nitrogen and oxygen atoms in total. The van der Waals surface area contributed by atoms with Gasteiger partial charge in [-0.2, -0.15) is 0 Å². The zero-order chi connectivity index (χ0) is 12.3. The van der Waals surface area contributed by atoms with Gasteiger partial charge in [-0.25, -0.2) is 18.6 Å². The van der Waals surface area contributed by atoms with Gasteiger partial charge in [-0.15, -0.1) is 0 Å². The minimum absolute atomic E-state index is 0.0557. The Morgan fingerprint density at radius 1 is 1.69 bits per heavy atom. The standard InChI is InChI=1S/C9H7BrClF2NO2/c1-16-9(15)5-2-4(3-10)7(11)14-6(5)8(12)13/h2,8H,3H2,1H3. The topological polar surface area (TPSA) is 39.2 Å². The van der Waals surface area contributed by atoms with E-state index < -0.39 is 18.1 Å². The third-order valence-corrected chi connectivity index (χ3v) is 2.77. The van der Waals surface area contributed by atoms with Gasteiger partial charge in [0.05, 0.1) is 12.7 Å². The van der Waals surface area contributed by atoms with Gasteiger partial charge in [0, 0.05) is 10.9 Å². The first-order valence-corrected chi connectivity index (χ1v) is 5.63. The van der Waals surface area contributed by atoms with Crippen LogP contribution in [0.2, 0.25) is 5.15 Å². The molecular formula is C9H7BrClF2NO2. The van der Waals surface area contributed by atoms with Crippen molar-refractivity contribution < 1.29 is 18.3 Å². The number of methoxy groups -OCH3 is 1. The molecule has 1 heterocycles. The van der Waals surface area contributed by atoms with Crippen LogP contribution in [-0.4, -0.2) is 18.1 Å². The Morgan fingerprint density at radius 2 is 2.31 bits per heavy atom. The van der Waals surface area contributed by atoms with Crippen LogP contribution in [0, 0.1) is 0 Å². The molecule has 0 fully saturated rings. The molecule has 1 aromatic rings. The molecule has 0 aliphatic carbocycles. The maximum Gasteiger partial charge on any atom is 0.339 e. The molecule has 16 heavy (non-hydrogen) atoms. The summed E-state index contributed by atoms with van der Waals surface area (Å²) in [5.74, 6) is -0.860. The first kappa shape index (κ1) is 13.3. The largest absolute Gasteiger partial charge is 0.465 e. The van der Waals surface area contributed by atoms with Crippen LogP contribution < -0.4 is 0 Å². The third-order valence-electron chi connectivity index (χ3n) is 1.83. The lowest BCUT2D eigenvalue weighted by Gasteiger charge is -2.09. The third kappa shape index (κ3) is 2.68. The van der Waals surface area contributed by atoms with Crippen LogP contribution in [0.15, 0.2) is 6.07 Å². The number of rotatable bonds is 3. The molecule has 0 N–H and O–H groups in total. The van der Waals surface area contributed by atoms with Crippen molar-refractivity contribution in [3.05, 3.63) is 28.0 Å². The van der Waals surface area contributed by atoms with E-state index in [9.17, 15) is 13.6 Å². The fourth-order valence-corrected chi connectivity index (χ4v) is 1.88. The van der Waals surface area contributed by atoms with E-state index in [4.69, 9.17) is 11.6 Å². The summed E-state index contributed by atoms with van der Waals surface area (Å²) >= 11 is 8.78. The molecule has 0 saturated heterocycles. The molecule has 88 valence electrons.